The molecule has 0 saturated carbocycles. The van der Waals surface area contributed by atoms with Crippen molar-refractivity contribution in [1.82, 2.24) is 9.97 Å². The van der Waals surface area contributed by atoms with Crippen LogP contribution in [0.1, 0.15) is 16.1 Å². The lowest BCUT2D eigenvalue weighted by atomic mass is 10.2. The maximum atomic E-state index is 12.6. The molecule has 0 fully saturated rings. The van der Waals surface area contributed by atoms with Crippen LogP contribution in [0, 0.1) is 0 Å². The lowest BCUT2D eigenvalue weighted by molar-refractivity contribution is -0.136. The Morgan fingerprint density at radius 2 is 2.12 bits per heavy atom. The Kier molecular flexibility index (Phi) is 2.11. The summed E-state index contributed by atoms with van der Waals surface area (Å²) >= 11 is 0. The molecule has 3 N–H and O–H groups in total. The number of H-pyrrole nitrogens is 1. The quantitative estimate of drug-likeness (QED) is 0.780. The van der Waals surface area contributed by atoms with Gasteiger partial charge in [0, 0.05) is 11.6 Å². The van der Waals surface area contributed by atoms with E-state index in [1.807, 2.05) is 0 Å². The molecule has 2 aromatic rings. The van der Waals surface area contributed by atoms with Gasteiger partial charge in [-0.1, -0.05) is 0 Å². The molecule has 0 atom stereocenters. The molecule has 84 valence electrons. The summed E-state index contributed by atoms with van der Waals surface area (Å²) in [6.07, 6.45) is -3.47. The van der Waals surface area contributed by atoms with Crippen molar-refractivity contribution in [2.24, 2.45) is 5.73 Å². The lowest BCUT2D eigenvalue weighted by Gasteiger charge is -2.06. The van der Waals surface area contributed by atoms with E-state index >= 15 is 0 Å². The third kappa shape index (κ3) is 1.60. The highest BCUT2D eigenvalue weighted by Crippen LogP contribution is 2.34. The molecule has 0 unspecified atom stereocenters. The average molecular weight is 229 g/mol. The molecular weight excluding hydrogens is 223 g/mol. The first-order chi connectivity index (χ1) is 7.39. The van der Waals surface area contributed by atoms with E-state index in [9.17, 15) is 18.0 Å². The summed E-state index contributed by atoms with van der Waals surface area (Å²) in [6, 6.07) is 1.90. The molecule has 4 nitrogen and oxygen atoms in total. The van der Waals surface area contributed by atoms with Crippen LogP contribution in [0.4, 0.5) is 13.2 Å². The summed E-state index contributed by atoms with van der Waals surface area (Å²) in [5.74, 6) is -0.828. The number of carbonyl (C=O) groups is 1. The fraction of sp³-hybridized carbons (Fsp3) is 0.111. The number of alkyl halides is 3. The number of fused-ring (bicyclic) bond motifs is 1. The zero-order chi connectivity index (χ0) is 11.9. The van der Waals surface area contributed by atoms with E-state index in [1.54, 1.807) is 0 Å². The van der Waals surface area contributed by atoms with E-state index in [1.165, 1.54) is 0 Å². The van der Waals surface area contributed by atoms with Crippen LogP contribution in [0.3, 0.4) is 0 Å². The van der Waals surface area contributed by atoms with Gasteiger partial charge in [0.05, 0.1) is 5.56 Å². The molecule has 0 aliphatic rings. The third-order valence-corrected chi connectivity index (χ3v) is 2.10. The minimum Gasteiger partial charge on any atom is -0.364 e. The second-order valence-electron chi connectivity index (χ2n) is 3.17. The van der Waals surface area contributed by atoms with Gasteiger partial charge < -0.3 is 10.7 Å². The van der Waals surface area contributed by atoms with Crippen LogP contribution in [-0.4, -0.2) is 15.9 Å². The fourth-order valence-corrected chi connectivity index (χ4v) is 1.41. The summed E-state index contributed by atoms with van der Waals surface area (Å²) < 4.78 is 37.7. The topological polar surface area (TPSA) is 71.8 Å². The number of nitrogens with zero attached hydrogens (tertiary/aromatic N) is 1. The monoisotopic (exact) mass is 229 g/mol. The zero-order valence-electron chi connectivity index (χ0n) is 7.80. The van der Waals surface area contributed by atoms with Gasteiger partial charge in [-0.2, -0.15) is 13.2 Å². The SMILES string of the molecule is NC(=O)c1cc2c(C(F)(F)F)ccnc2[nH]1. The van der Waals surface area contributed by atoms with Crippen molar-refractivity contribution in [1.29, 1.82) is 0 Å². The summed E-state index contributed by atoms with van der Waals surface area (Å²) in [5.41, 5.74) is 4.00. The number of hydrogen-bond donors (Lipinski definition) is 2. The first-order valence-corrected chi connectivity index (χ1v) is 4.24. The molecule has 0 spiro atoms. The lowest BCUT2D eigenvalue weighted by Crippen LogP contribution is -2.10. The maximum Gasteiger partial charge on any atom is 0.417 e. The standard InChI is InChI=1S/C9H6F3N3O/c10-9(11,12)5-1-2-14-8-4(5)3-6(15-8)7(13)16/h1-3H,(H2,13,16)(H,14,15). The number of aromatic nitrogens is 2. The number of nitrogens with one attached hydrogen (secondary N) is 1. The maximum absolute atomic E-state index is 12.6. The number of halogens is 3. The number of carbonyl (C=O) groups excluding carboxylic acids is 1. The Hall–Kier alpha value is -2.05. The van der Waals surface area contributed by atoms with E-state index < -0.39 is 17.6 Å². The Morgan fingerprint density at radius 1 is 1.44 bits per heavy atom. The van der Waals surface area contributed by atoms with Gasteiger partial charge in [0.25, 0.3) is 5.91 Å². The van der Waals surface area contributed by atoms with Gasteiger partial charge >= 0.3 is 6.18 Å². The Labute approximate surface area is 87.3 Å². The number of primary amides is 1. The molecule has 7 heteroatoms. The number of nitrogens with two attached hydrogens (primary N) is 1. The second-order valence-corrected chi connectivity index (χ2v) is 3.17. The highest BCUT2D eigenvalue weighted by Gasteiger charge is 2.33. The van der Waals surface area contributed by atoms with Crippen molar-refractivity contribution >= 4 is 16.9 Å². The van der Waals surface area contributed by atoms with E-state index in [4.69, 9.17) is 5.73 Å². The van der Waals surface area contributed by atoms with Crippen LogP contribution < -0.4 is 5.73 Å². The summed E-state index contributed by atoms with van der Waals surface area (Å²) in [6.45, 7) is 0. The first-order valence-electron chi connectivity index (χ1n) is 4.24. The van der Waals surface area contributed by atoms with E-state index in [2.05, 4.69) is 9.97 Å². The van der Waals surface area contributed by atoms with E-state index in [0.717, 1.165) is 18.3 Å². The number of pyridine rings is 1. The minimum atomic E-state index is -4.49. The fourth-order valence-electron chi connectivity index (χ4n) is 1.41. The van der Waals surface area contributed by atoms with Crippen molar-refractivity contribution in [3.05, 3.63) is 29.6 Å². The molecule has 0 aromatic carbocycles. The van der Waals surface area contributed by atoms with Crippen LogP contribution in [0.15, 0.2) is 18.3 Å². The summed E-state index contributed by atoms with van der Waals surface area (Å²) in [7, 11) is 0. The van der Waals surface area contributed by atoms with Gasteiger partial charge in [0.15, 0.2) is 0 Å². The predicted molar refractivity (Wildman–Crippen MR) is 49.6 cm³/mol. The average Bonchev–Trinajstić information content (AvgIpc) is 2.58. The molecule has 0 saturated heterocycles. The van der Waals surface area contributed by atoms with Gasteiger partial charge in [0.2, 0.25) is 0 Å². The number of hydrogen-bond acceptors (Lipinski definition) is 2. The van der Waals surface area contributed by atoms with Crippen molar-refractivity contribution < 1.29 is 18.0 Å². The third-order valence-electron chi connectivity index (χ3n) is 2.10. The molecule has 0 bridgehead atoms. The highest BCUT2D eigenvalue weighted by atomic mass is 19.4. The minimum absolute atomic E-state index is 0.0105. The predicted octanol–water partition coefficient (Wildman–Crippen LogP) is 1.68. The molecule has 0 aliphatic heterocycles. The van der Waals surface area contributed by atoms with Gasteiger partial charge in [-0.25, -0.2) is 4.98 Å². The Balaban J connectivity index is 2.73. The smallest absolute Gasteiger partial charge is 0.364 e. The van der Waals surface area contributed by atoms with Crippen LogP contribution in [0.5, 0.6) is 0 Å². The van der Waals surface area contributed by atoms with Gasteiger partial charge in [-0.3, -0.25) is 4.79 Å². The molecular formula is C9H6F3N3O. The van der Waals surface area contributed by atoms with E-state index in [-0.39, 0.29) is 16.7 Å². The summed E-state index contributed by atoms with van der Waals surface area (Å²) in [4.78, 5) is 16.9. The number of rotatable bonds is 1. The van der Waals surface area contributed by atoms with Crippen LogP contribution >= 0.6 is 0 Å². The molecule has 0 aliphatic carbocycles. The molecule has 2 aromatic heterocycles. The van der Waals surface area contributed by atoms with Gasteiger partial charge in [0.1, 0.15) is 11.3 Å². The first kappa shape index (κ1) is 10.5. The van der Waals surface area contributed by atoms with E-state index in [0.29, 0.717) is 0 Å². The number of amides is 1. The molecule has 1 amide bonds. The van der Waals surface area contributed by atoms with Crippen LogP contribution in [-0.2, 0) is 6.18 Å². The Morgan fingerprint density at radius 3 is 2.69 bits per heavy atom. The van der Waals surface area contributed by atoms with Crippen molar-refractivity contribution in [2.75, 3.05) is 0 Å². The molecule has 16 heavy (non-hydrogen) atoms. The second kappa shape index (κ2) is 3.22. The summed E-state index contributed by atoms with van der Waals surface area (Å²) in [5, 5.41) is -0.163. The molecule has 0 radical (unpaired) electrons. The van der Waals surface area contributed by atoms with Crippen LogP contribution in [0.2, 0.25) is 0 Å². The number of aromatic amines is 1. The largest absolute Gasteiger partial charge is 0.417 e. The van der Waals surface area contributed by atoms with Crippen molar-refractivity contribution in [2.45, 2.75) is 6.18 Å². The highest BCUT2D eigenvalue weighted by molar-refractivity contribution is 5.97. The van der Waals surface area contributed by atoms with Crippen molar-refractivity contribution in [3.8, 4) is 0 Å². The normalized spacial score (nSPS) is 11.9. The molecule has 2 rings (SSSR count). The van der Waals surface area contributed by atoms with Gasteiger partial charge in [-0.05, 0) is 12.1 Å². The van der Waals surface area contributed by atoms with Crippen molar-refractivity contribution in [3.63, 3.8) is 0 Å². The zero-order valence-corrected chi connectivity index (χ0v) is 7.80. The Bertz CT molecular complexity index is 559. The van der Waals surface area contributed by atoms with Crippen LogP contribution in [0.25, 0.3) is 11.0 Å². The molecule has 2 heterocycles. The van der Waals surface area contributed by atoms with Gasteiger partial charge in [-0.15, -0.1) is 0 Å².